The third-order valence-corrected chi connectivity index (χ3v) is 11.8. The summed E-state index contributed by atoms with van der Waals surface area (Å²) in [5.74, 6) is -2.02. The number of aliphatic hydroxyl groups excluding tert-OH is 1. The maximum absolute atomic E-state index is 13.4. The first-order valence-corrected chi connectivity index (χ1v) is 19.9. The van der Waals surface area contributed by atoms with Gasteiger partial charge in [0.2, 0.25) is 17.8 Å². The number of rotatable bonds is 11. The normalized spacial score (nSPS) is 21.5. The average molecular weight is 832 g/mol. The first kappa shape index (κ1) is 42.5. The highest BCUT2D eigenvalue weighted by Gasteiger charge is 2.45. The molecule has 0 spiro atoms. The minimum absolute atomic E-state index is 0. The molecule has 0 bridgehead atoms. The van der Waals surface area contributed by atoms with E-state index in [1.54, 1.807) is 6.07 Å². The van der Waals surface area contributed by atoms with Gasteiger partial charge in [-0.05, 0) is 92.1 Å². The van der Waals surface area contributed by atoms with Gasteiger partial charge in [-0.25, -0.2) is 4.98 Å². The zero-order chi connectivity index (χ0) is 41.4. The SMILES string of the molecule is C.O=C1CCC(N2C(=O)c3ccc(OCCN4CCN(Cc5ccc6c(c5)nc(NC(=O)c5cccc(C(F)(F)F)c5)n6C5CCC(CO)CC5)CC4)cc3C2=O)C(=O)N1. The van der Waals surface area contributed by atoms with Crippen molar-refractivity contribution in [3.8, 4) is 5.75 Å². The number of imide groups is 2. The van der Waals surface area contributed by atoms with Gasteiger partial charge < -0.3 is 14.4 Å². The molecule has 4 aliphatic rings. The first-order chi connectivity index (χ1) is 28.4. The second-order valence-electron chi connectivity index (χ2n) is 15.6. The summed E-state index contributed by atoms with van der Waals surface area (Å²) in [7, 11) is 0. The largest absolute Gasteiger partial charge is 0.492 e. The lowest BCUT2D eigenvalue weighted by Crippen LogP contribution is -2.54. The van der Waals surface area contributed by atoms with Crippen molar-refractivity contribution in [2.75, 3.05) is 51.3 Å². The van der Waals surface area contributed by atoms with Crippen LogP contribution in [0.1, 0.15) is 94.2 Å². The molecule has 14 nitrogen and oxygen atoms in total. The number of ether oxygens (including phenoxy) is 1. The van der Waals surface area contributed by atoms with Crippen molar-refractivity contribution >= 4 is 46.5 Å². The number of imidazole rings is 1. The Balaban J connectivity index is 0.00000544. The molecule has 1 atom stereocenters. The van der Waals surface area contributed by atoms with E-state index in [9.17, 15) is 42.3 Å². The number of piperidine rings is 1. The molecule has 318 valence electrons. The van der Waals surface area contributed by atoms with E-state index in [4.69, 9.17) is 9.72 Å². The quantitative estimate of drug-likeness (QED) is 0.170. The molecule has 3 N–H and O–H groups in total. The summed E-state index contributed by atoms with van der Waals surface area (Å²) >= 11 is 0. The molecule has 1 saturated carbocycles. The third-order valence-electron chi connectivity index (χ3n) is 11.8. The fraction of sp³-hybridized carbons (Fsp3) is 0.442. The molecule has 4 heterocycles. The van der Waals surface area contributed by atoms with Gasteiger partial charge in [0, 0.05) is 63.9 Å². The summed E-state index contributed by atoms with van der Waals surface area (Å²) in [4.78, 5) is 73.8. The van der Waals surface area contributed by atoms with Crippen LogP contribution in [0, 0.1) is 5.92 Å². The first-order valence-electron chi connectivity index (χ1n) is 19.9. The minimum Gasteiger partial charge on any atom is -0.492 e. The summed E-state index contributed by atoms with van der Waals surface area (Å²) in [5.41, 5.74) is 1.84. The zero-order valence-corrected chi connectivity index (χ0v) is 32.2. The molecule has 1 unspecified atom stereocenters. The van der Waals surface area contributed by atoms with Crippen molar-refractivity contribution < 1.29 is 47.0 Å². The summed E-state index contributed by atoms with van der Waals surface area (Å²) in [5, 5.41) is 14.7. The van der Waals surface area contributed by atoms with Gasteiger partial charge in [-0.2, -0.15) is 13.2 Å². The Morgan fingerprint density at radius 3 is 2.33 bits per heavy atom. The number of amides is 5. The number of carbonyl (C=O) groups is 5. The molecule has 5 amide bonds. The van der Waals surface area contributed by atoms with E-state index in [1.807, 2.05) is 22.8 Å². The number of piperazine rings is 1. The van der Waals surface area contributed by atoms with Crippen LogP contribution in [0.3, 0.4) is 0 Å². The van der Waals surface area contributed by atoms with Crippen LogP contribution in [0.2, 0.25) is 0 Å². The predicted molar refractivity (Wildman–Crippen MR) is 214 cm³/mol. The molecule has 4 aromatic rings. The summed E-state index contributed by atoms with van der Waals surface area (Å²) in [6.07, 6.45) is -1.31. The van der Waals surface area contributed by atoms with Gasteiger partial charge in [0.05, 0.1) is 27.7 Å². The van der Waals surface area contributed by atoms with E-state index < -0.39 is 47.3 Å². The lowest BCUT2D eigenvalue weighted by molar-refractivity contribution is -0.138. The van der Waals surface area contributed by atoms with Crippen molar-refractivity contribution in [1.82, 2.24) is 29.6 Å². The number of alkyl halides is 3. The van der Waals surface area contributed by atoms with E-state index in [-0.39, 0.29) is 61.5 Å². The molecule has 1 aromatic heterocycles. The topological polar surface area (TPSA) is 166 Å². The second kappa shape index (κ2) is 17.5. The van der Waals surface area contributed by atoms with Crippen molar-refractivity contribution in [1.29, 1.82) is 0 Å². The standard InChI is InChI=1S/C42H44F3N7O7.CH4/c43-42(44,45)28-3-1-2-27(21-28)37(55)48-41-46-33-20-26(6-11-34(33)51(41)29-7-4-25(24-53)5-8-29)23-50-16-14-49(15-17-50)18-19-59-30-9-10-31-32(22-30)40(58)52(39(31)57)35-12-13-36(54)47-38(35)56;/h1-3,6,9-11,20-22,25,29,35,53H,4-5,7-8,12-19,23-24H2,(H,46,48,55)(H,47,54,56);1H4. The molecule has 3 aromatic carbocycles. The number of halogens is 3. The molecule has 8 rings (SSSR count). The van der Waals surface area contributed by atoms with Crippen LogP contribution in [0.5, 0.6) is 5.75 Å². The van der Waals surface area contributed by atoms with Crippen LogP contribution in [0.15, 0.2) is 60.7 Å². The number of hydrogen-bond donors (Lipinski definition) is 3. The van der Waals surface area contributed by atoms with E-state index in [0.717, 1.165) is 80.0 Å². The smallest absolute Gasteiger partial charge is 0.416 e. The summed E-state index contributed by atoms with van der Waals surface area (Å²) in [6, 6.07) is 14.0. The molecule has 17 heteroatoms. The van der Waals surface area contributed by atoms with Gasteiger partial charge in [0.15, 0.2) is 0 Å². The fourth-order valence-corrected chi connectivity index (χ4v) is 8.56. The Kier molecular flexibility index (Phi) is 12.4. The number of carbonyl (C=O) groups excluding carboxylic acids is 5. The number of hydrogen-bond acceptors (Lipinski definition) is 10. The molecular weight excluding hydrogens is 784 g/mol. The number of nitrogens with zero attached hydrogens (tertiary/aromatic N) is 5. The van der Waals surface area contributed by atoms with Crippen molar-refractivity contribution in [2.45, 2.75) is 70.8 Å². The number of anilines is 1. The van der Waals surface area contributed by atoms with Gasteiger partial charge in [-0.15, -0.1) is 0 Å². The van der Waals surface area contributed by atoms with Crippen LogP contribution in [-0.2, 0) is 22.3 Å². The van der Waals surface area contributed by atoms with Gasteiger partial charge in [-0.1, -0.05) is 19.6 Å². The number of fused-ring (bicyclic) bond motifs is 2. The Hall–Kier alpha value is -5.65. The monoisotopic (exact) mass is 831 g/mol. The molecule has 0 radical (unpaired) electrons. The third kappa shape index (κ3) is 8.79. The second-order valence-corrected chi connectivity index (χ2v) is 15.6. The zero-order valence-electron chi connectivity index (χ0n) is 32.2. The van der Waals surface area contributed by atoms with Crippen LogP contribution >= 0.6 is 0 Å². The summed E-state index contributed by atoms with van der Waals surface area (Å²) in [6.45, 7) is 4.94. The molecule has 60 heavy (non-hydrogen) atoms. The molecule has 3 fully saturated rings. The number of nitrogens with one attached hydrogen (secondary N) is 2. The van der Waals surface area contributed by atoms with Crippen LogP contribution in [0.4, 0.5) is 19.1 Å². The number of aromatic nitrogens is 2. The van der Waals surface area contributed by atoms with Crippen molar-refractivity contribution in [3.63, 3.8) is 0 Å². The highest BCUT2D eigenvalue weighted by Crippen LogP contribution is 2.37. The minimum atomic E-state index is -4.59. The van der Waals surface area contributed by atoms with Gasteiger partial charge in [-0.3, -0.25) is 49.3 Å². The Labute approximate surface area is 344 Å². The predicted octanol–water partition coefficient (Wildman–Crippen LogP) is 5.26. The maximum atomic E-state index is 13.4. The van der Waals surface area contributed by atoms with Gasteiger partial charge >= 0.3 is 6.18 Å². The van der Waals surface area contributed by atoms with Crippen LogP contribution < -0.4 is 15.4 Å². The average Bonchev–Trinajstić information content (AvgIpc) is 3.70. The van der Waals surface area contributed by atoms with Crippen molar-refractivity contribution in [2.24, 2.45) is 5.92 Å². The van der Waals surface area contributed by atoms with E-state index in [2.05, 4.69) is 20.4 Å². The van der Waals surface area contributed by atoms with E-state index in [0.29, 0.717) is 31.0 Å². The van der Waals surface area contributed by atoms with Gasteiger partial charge in [0.1, 0.15) is 18.4 Å². The Morgan fingerprint density at radius 1 is 0.883 bits per heavy atom. The fourth-order valence-electron chi connectivity index (χ4n) is 8.56. The summed E-state index contributed by atoms with van der Waals surface area (Å²) < 4.78 is 48.2. The lowest BCUT2D eigenvalue weighted by Gasteiger charge is -2.34. The highest BCUT2D eigenvalue weighted by atomic mass is 19.4. The number of benzene rings is 3. The van der Waals surface area contributed by atoms with Crippen LogP contribution in [-0.4, -0.2) is 111 Å². The van der Waals surface area contributed by atoms with Crippen molar-refractivity contribution in [3.05, 3.63) is 88.5 Å². The maximum Gasteiger partial charge on any atom is 0.416 e. The van der Waals surface area contributed by atoms with Crippen LogP contribution in [0.25, 0.3) is 11.0 Å². The molecule has 1 aliphatic carbocycles. The van der Waals surface area contributed by atoms with Gasteiger partial charge in [0.25, 0.3) is 17.7 Å². The Morgan fingerprint density at radius 2 is 1.62 bits per heavy atom. The molecule has 2 saturated heterocycles. The van der Waals surface area contributed by atoms with E-state index in [1.165, 1.54) is 24.3 Å². The molecular formula is C43H48F3N7O7. The lowest BCUT2D eigenvalue weighted by atomic mass is 9.86. The highest BCUT2D eigenvalue weighted by molar-refractivity contribution is 6.23. The Bertz CT molecular complexity index is 2300. The number of aliphatic hydroxyl groups is 1. The van der Waals surface area contributed by atoms with E-state index >= 15 is 0 Å². The molecule has 3 aliphatic heterocycles.